The molecule has 0 radical (unpaired) electrons. The summed E-state index contributed by atoms with van der Waals surface area (Å²) in [5.74, 6) is 0.861. The predicted molar refractivity (Wildman–Crippen MR) is 88.4 cm³/mol. The van der Waals surface area contributed by atoms with Crippen LogP contribution in [-0.2, 0) is 16.9 Å². The van der Waals surface area contributed by atoms with Gasteiger partial charge in [0, 0.05) is 24.8 Å². The van der Waals surface area contributed by atoms with Crippen LogP contribution < -0.4 is 5.32 Å². The molecule has 0 fully saturated rings. The maximum Gasteiger partial charge on any atom is 0.207 e. The third-order valence-corrected chi connectivity index (χ3v) is 3.61. The summed E-state index contributed by atoms with van der Waals surface area (Å²) in [4.78, 5) is 17.8. The van der Waals surface area contributed by atoms with E-state index in [9.17, 15) is 4.79 Å². The summed E-state index contributed by atoms with van der Waals surface area (Å²) >= 11 is 0. The molecule has 0 spiro atoms. The zero-order chi connectivity index (χ0) is 16.2. The van der Waals surface area contributed by atoms with E-state index in [0.717, 1.165) is 36.6 Å². The lowest BCUT2D eigenvalue weighted by atomic mass is 10.1. The highest BCUT2D eigenvalue weighted by atomic mass is 16.1. The Labute approximate surface area is 132 Å². The minimum atomic E-state index is -0.513. The molecule has 0 aliphatic heterocycles. The lowest BCUT2D eigenvalue weighted by molar-refractivity contribution is -0.111. The van der Waals surface area contributed by atoms with E-state index in [1.54, 1.807) is 0 Å². The standard InChI is InChI=1S/C17H24N4O/c1-17(2,18-13-22)16-19-15(14-8-6-5-7-9-14)12-21(16)11-10-20(3)4/h5-9,12-13H,10-11H2,1-4H3,(H,18,22). The molecule has 2 rings (SSSR count). The van der Waals surface area contributed by atoms with E-state index >= 15 is 0 Å². The molecule has 0 bridgehead atoms. The van der Waals surface area contributed by atoms with E-state index in [0.29, 0.717) is 0 Å². The second-order valence-electron chi connectivity index (χ2n) is 6.20. The van der Waals surface area contributed by atoms with Crippen molar-refractivity contribution in [1.29, 1.82) is 0 Å². The van der Waals surface area contributed by atoms with Crippen LogP contribution in [0.4, 0.5) is 0 Å². The molecule has 0 unspecified atom stereocenters. The molecule has 22 heavy (non-hydrogen) atoms. The van der Waals surface area contributed by atoms with Crippen LogP contribution in [0.5, 0.6) is 0 Å². The van der Waals surface area contributed by atoms with Crippen molar-refractivity contribution in [2.24, 2.45) is 0 Å². The monoisotopic (exact) mass is 300 g/mol. The topological polar surface area (TPSA) is 50.2 Å². The number of rotatable bonds is 7. The van der Waals surface area contributed by atoms with E-state index in [4.69, 9.17) is 4.98 Å². The summed E-state index contributed by atoms with van der Waals surface area (Å²) in [6, 6.07) is 10.1. The van der Waals surface area contributed by atoms with E-state index in [1.165, 1.54) is 0 Å². The van der Waals surface area contributed by atoms with Gasteiger partial charge in [-0.25, -0.2) is 4.98 Å². The average Bonchev–Trinajstić information content (AvgIpc) is 2.91. The Hall–Kier alpha value is -2.14. The minimum Gasteiger partial charge on any atom is -0.347 e. The number of likely N-dealkylation sites (N-methyl/N-ethyl adjacent to an activating group) is 1. The molecule has 1 aromatic heterocycles. The predicted octanol–water partition coefficient (Wildman–Crippen LogP) is 2.09. The van der Waals surface area contributed by atoms with Gasteiger partial charge >= 0.3 is 0 Å². The Balaban J connectivity index is 2.41. The lowest BCUT2D eigenvalue weighted by Crippen LogP contribution is -2.38. The molecule has 0 saturated carbocycles. The van der Waals surface area contributed by atoms with Gasteiger partial charge in [0.05, 0.1) is 11.2 Å². The van der Waals surface area contributed by atoms with E-state index in [1.807, 2.05) is 58.3 Å². The van der Waals surface area contributed by atoms with Gasteiger partial charge in [0.2, 0.25) is 6.41 Å². The van der Waals surface area contributed by atoms with Crippen LogP contribution in [0.2, 0.25) is 0 Å². The molecule has 1 aromatic carbocycles. The van der Waals surface area contributed by atoms with Gasteiger partial charge in [0.15, 0.2) is 0 Å². The van der Waals surface area contributed by atoms with Crippen LogP contribution in [0.15, 0.2) is 36.5 Å². The molecule has 0 saturated heterocycles. The molecule has 5 nitrogen and oxygen atoms in total. The van der Waals surface area contributed by atoms with Crippen LogP contribution in [0.3, 0.4) is 0 Å². The molecule has 1 N–H and O–H groups in total. The number of imidazole rings is 1. The highest BCUT2D eigenvalue weighted by Gasteiger charge is 2.26. The molecule has 0 atom stereocenters. The number of nitrogens with zero attached hydrogens (tertiary/aromatic N) is 3. The fourth-order valence-electron chi connectivity index (χ4n) is 2.35. The van der Waals surface area contributed by atoms with Crippen molar-refractivity contribution < 1.29 is 4.79 Å². The van der Waals surface area contributed by atoms with Crippen molar-refractivity contribution in [2.45, 2.75) is 25.9 Å². The van der Waals surface area contributed by atoms with Crippen LogP contribution in [0.1, 0.15) is 19.7 Å². The lowest BCUT2D eigenvalue weighted by Gasteiger charge is -2.24. The number of carbonyl (C=O) groups excluding carboxylic acids is 1. The SMILES string of the molecule is CN(C)CCn1cc(-c2ccccc2)nc1C(C)(C)NC=O. The largest absolute Gasteiger partial charge is 0.347 e. The molecule has 1 amide bonds. The molecule has 118 valence electrons. The summed E-state index contributed by atoms with van der Waals surface area (Å²) < 4.78 is 2.12. The second kappa shape index (κ2) is 6.75. The first-order valence-electron chi connectivity index (χ1n) is 7.43. The number of nitrogens with one attached hydrogen (secondary N) is 1. The number of aromatic nitrogens is 2. The normalized spacial score (nSPS) is 11.7. The second-order valence-corrected chi connectivity index (χ2v) is 6.20. The third kappa shape index (κ3) is 3.74. The molecule has 0 aliphatic carbocycles. The van der Waals surface area contributed by atoms with Crippen molar-refractivity contribution in [3.8, 4) is 11.3 Å². The highest BCUT2D eigenvalue weighted by Crippen LogP contribution is 2.24. The van der Waals surface area contributed by atoms with Gasteiger partial charge in [-0.1, -0.05) is 30.3 Å². The Morgan fingerprint density at radius 2 is 1.95 bits per heavy atom. The van der Waals surface area contributed by atoms with Gasteiger partial charge in [-0.3, -0.25) is 4.79 Å². The zero-order valence-corrected chi connectivity index (χ0v) is 13.7. The van der Waals surface area contributed by atoms with Gasteiger partial charge < -0.3 is 14.8 Å². The van der Waals surface area contributed by atoms with Crippen LogP contribution in [0.25, 0.3) is 11.3 Å². The van der Waals surface area contributed by atoms with Crippen LogP contribution >= 0.6 is 0 Å². The Bertz CT molecular complexity index is 617. The molecule has 5 heteroatoms. The van der Waals surface area contributed by atoms with Gasteiger partial charge in [0.25, 0.3) is 0 Å². The zero-order valence-electron chi connectivity index (χ0n) is 13.7. The number of benzene rings is 1. The molecule has 1 heterocycles. The Morgan fingerprint density at radius 1 is 1.27 bits per heavy atom. The van der Waals surface area contributed by atoms with Crippen molar-refractivity contribution in [2.75, 3.05) is 20.6 Å². The quantitative estimate of drug-likeness (QED) is 0.797. The van der Waals surface area contributed by atoms with Gasteiger partial charge in [0.1, 0.15) is 5.82 Å². The third-order valence-electron chi connectivity index (χ3n) is 3.61. The summed E-state index contributed by atoms with van der Waals surface area (Å²) in [7, 11) is 4.09. The minimum absolute atomic E-state index is 0.513. The van der Waals surface area contributed by atoms with Gasteiger partial charge in [-0.15, -0.1) is 0 Å². The molecular weight excluding hydrogens is 276 g/mol. The van der Waals surface area contributed by atoms with Crippen molar-refractivity contribution in [3.63, 3.8) is 0 Å². The Morgan fingerprint density at radius 3 is 2.55 bits per heavy atom. The van der Waals surface area contributed by atoms with Crippen LogP contribution in [-0.4, -0.2) is 41.5 Å². The fraction of sp³-hybridized carbons (Fsp3) is 0.412. The summed E-state index contributed by atoms with van der Waals surface area (Å²) in [5, 5.41) is 2.85. The Kier molecular flexibility index (Phi) is 4.98. The number of amides is 1. The van der Waals surface area contributed by atoms with Crippen LogP contribution in [0, 0.1) is 0 Å². The average molecular weight is 300 g/mol. The maximum atomic E-state index is 10.9. The first-order chi connectivity index (χ1) is 10.4. The molecular formula is C17H24N4O. The smallest absolute Gasteiger partial charge is 0.207 e. The van der Waals surface area contributed by atoms with Crippen molar-refractivity contribution >= 4 is 6.41 Å². The number of hydrogen-bond acceptors (Lipinski definition) is 3. The maximum absolute atomic E-state index is 10.9. The van der Waals surface area contributed by atoms with Crippen molar-refractivity contribution in [1.82, 2.24) is 19.8 Å². The van der Waals surface area contributed by atoms with Gasteiger partial charge in [-0.2, -0.15) is 0 Å². The number of hydrogen-bond donors (Lipinski definition) is 1. The summed E-state index contributed by atoms with van der Waals surface area (Å²) in [5.41, 5.74) is 1.49. The van der Waals surface area contributed by atoms with Crippen molar-refractivity contribution in [3.05, 3.63) is 42.4 Å². The van der Waals surface area contributed by atoms with E-state index in [2.05, 4.69) is 21.0 Å². The number of carbonyl (C=O) groups is 1. The highest BCUT2D eigenvalue weighted by molar-refractivity contribution is 5.59. The first kappa shape index (κ1) is 16.2. The summed E-state index contributed by atoms with van der Waals surface area (Å²) in [6.45, 7) is 5.66. The molecule has 2 aromatic rings. The van der Waals surface area contributed by atoms with E-state index in [-0.39, 0.29) is 0 Å². The summed E-state index contributed by atoms with van der Waals surface area (Å²) in [6.07, 6.45) is 2.79. The van der Waals surface area contributed by atoms with E-state index < -0.39 is 5.54 Å². The fourth-order valence-corrected chi connectivity index (χ4v) is 2.35. The molecule has 0 aliphatic rings. The van der Waals surface area contributed by atoms with Gasteiger partial charge in [-0.05, 0) is 27.9 Å². The first-order valence-corrected chi connectivity index (χ1v) is 7.43.